The Morgan fingerprint density at radius 1 is 0.351 bits per heavy atom. The highest BCUT2D eigenvalue weighted by molar-refractivity contribution is 6.24. The first-order valence-electron chi connectivity index (χ1n) is 19.0. The molecule has 0 aliphatic rings. The highest BCUT2D eigenvalue weighted by Crippen LogP contribution is 2.42. The minimum absolute atomic E-state index is 0.567. The van der Waals surface area contributed by atoms with Gasteiger partial charge in [0.2, 0.25) is 0 Å². The van der Waals surface area contributed by atoms with E-state index in [1.54, 1.807) is 0 Å². The molecule has 0 bridgehead atoms. The molecular formula is C51H30N4O2. The number of furan rings is 2. The molecule has 8 aromatic carbocycles. The summed E-state index contributed by atoms with van der Waals surface area (Å²) in [5.41, 5.74) is 11.4. The van der Waals surface area contributed by atoms with Gasteiger partial charge in [0.05, 0.1) is 16.4 Å². The maximum absolute atomic E-state index is 6.58. The molecule has 4 heterocycles. The normalized spacial score (nSPS) is 11.9. The minimum atomic E-state index is 0.567. The van der Waals surface area contributed by atoms with E-state index in [0.29, 0.717) is 17.5 Å². The van der Waals surface area contributed by atoms with Crippen molar-refractivity contribution in [1.29, 1.82) is 0 Å². The van der Waals surface area contributed by atoms with Crippen molar-refractivity contribution in [3.8, 4) is 51.0 Å². The van der Waals surface area contributed by atoms with Gasteiger partial charge < -0.3 is 13.4 Å². The van der Waals surface area contributed by atoms with Crippen LogP contribution in [0.4, 0.5) is 0 Å². The molecule has 0 unspecified atom stereocenters. The first kappa shape index (κ1) is 31.5. The molecule has 266 valence electrons. The van der Waals surface area contributed by atoms with Crippen LogP contribution in [0.25, 0.3) is 117 Å². The van der Waals surface area contributed by atoms with E-state index in [1.807, 2.05) is 48.5 Å². The van der Waals surface area contributed by atoms with E-state index in [1.165, 1.54) is 10.8 Å². The number of hydrogen-bond donors (Lipinski definition) is 0. The van der Waals surface area contributed by atoms with Crippen LogP contribution in [0.5, 0.6) is 0 Å². The summed E-state index contributed by atoms with van der Waals surface area (Å²) in [4.78, 5) is 15.7. The number of rotatable bonds is 5. The molecule has 0 amide bonds. The van der Waals surface area contributed by atoms with Gasteiger partial charge in [-0.05, 0) is 77.9 Å². The van der Waals surface area contributed by atoms with Crippen molar-refractivity contribution in [2.24, 2.45) is 0 Å². The molecule has 0 atom stereocenters. The molecule has 0 saturated heterocycles. The molecule has 0 spiro atoms. The second-order valence-corrected chi connectivity index (χ2v) is 14.4. The molecular weight excluding hydrogens is 701 g/mol. The molecule has 12 aromatic rings. The van der Waals surface area contributed by atoms with Crippen LogP contribution in [0.2, 0.25) is 0 Å². The van der Waals surface area contributed by atoms with E-state index in [0.717, 1.165) is 88.4 Å². The first-order valence-corrected chi connectivity index (χ1v) is 19.0. The summed E-state index contributed by atoms with van der Waals surface area (Å²) < 4.78 is 15.2. The molecule has 0 N–H and O–H groups in total. The molecule has 12 rings (SSSR count). The minimum Gasteiger partial charge on any atom is -0.456 e. The lowest BCUT2D eigenvalue weighted by Crippen LogP contribution is -2.00. The largest absolute Gasteiger partial charge is 0.456 e. The van der Waals surface area contributed by atoms with Gasteiger partial charge in [-0.25, -0.2) is 15.0 Å². The maximum Gasteiger partial charge on any atom is 0.164 e. The van der Waals surface area contributed by atoms with E-state index < -0.39 is 0 Å². The summed E-state index contributed by atoms with van der Waals surface area (Å²) in [5.74, 6) is 1.72. The Hall–Kier alpha value is -7.83. The van der Waals surface area contributed by atoms with E-state index in [9.17, 15) is 0 Å². The third-order valence-electron chi connectivity index (χ3n) is 11.0. The Balaban J connectivity index is 1.12. The molecule has 57 heavy (non-hydrogen) atoms. The monoisotopic (exact) mass is 730 g/mol. The van der Waals surface area contributed by atoms with Gasteiger partial charge in [0.25, 0.3) is 0 Å². The second kappa shape index (κ2) is 12.3. The van der Waals surface area contributed by atoms with Crippen molar-refractivity contribution < 1.29 is 8.83 Å². The number of fused-ring (bicyclic) bond motifs is 10. The Morgan fingerprint density at radius 3 is 1.79 bits per heavy atom. The summed E-state index contributed by atoms with van der Waals surface area (Å²) in [7, 11) is 0. The molecule has 6 heteroatoms. The van der Waals surface area contributed by atoms with Crippen LogP contribution in [0, 0.1) is 0 Å². The average molecular weight is 731 g/mol. The van der Waals surface area contributed by atoms with Gasteiger partial charge in [0.1, 0.15) is 22.3 Å². The van der Waals surface area contributed by atoms with Gasteiger partial charge in [-0.15, -0.1) is 0 Å². The summed E-state index contributed by atoms with van der Waals surface area (Å²) in [6.07, 6.45) is 0. The Kier molecular flexibility index (Phi) is 6.83. The molecule has 0 radical (unpaired) electrons. The SMILES string of the molecule is c1ccc(-c2cccc(-c3nc(-c4ccc5oc6ccc7c8ccccc8n(-c8ccccc8)c7c6c5c4)nc(-c4cccc5oc6ccccc6c45)n3)c2)cc1. The lowest BCUT2D eigenvalue weighted by atomic mass is 10.0. The lowest BCUT2D eigenvalue weighted by molar-refractivity contribution is 0.668. The fourth-order valence-electron chi connectivity index (χ4n) is 8.49. The summed E-state index contributed by atoms with van der Waals surface area (Å²) in [6.45, 7) is 0. The van der Waals surface area contributed by atoms with Gasteiger partial charge in [-0.3, -0.25) is 0 Å². The molecule has 0 saturated carbocycles. The molecule has 4 aromatic heterocycles. The predicted molar refractivity (Wildman–Crippen MR) is 230 cm³/mol. The van der Waals surface area contributed by atoms with Gasteiger partial charge in [0.15, 0.2) is 17.5 Å². The maximum atomic E-state index is 6.58. The van der Waals surface area contributed by atoms with Crippen LogP contribution < -0.4 is 0 Å². The zero-order chi connectivity index (χ0) is 37.5. The van der Waals surface area contributed by atoms with Crippen LogP contribution in [0.1, 0.15) is 0 Å². The van der Waals surface area contributed by atoms with Gasteiger partial charge in [0, 0.05) is 49.3 Å². The third-order valence-corrected chi connectivity index (χ3v) is 11.0. The van der Waals surface area contributed by atoms with Crippen molar-refractivity contribution >= 4 is 65.7 Å². The van der Waals surface area contributed by atoms with Gasteiger partial charge in [-0.1, -0.05) is 115 Å². The van der Waals surface area contributed by atoms with E-state index in [2.05, 4.69) is 138 Å². The Bertz CT molecular complexity index is 3530. The van der Waals surface area contributed by atoms with Gasteiger partial charge >= 0.3 is 0 Å². The van der Waals surface area contributed by atoms with E-state index >= 15 is 0 Å². The van der Waals surface area contributed by atoms with Crippen LogP contribution in [0.15, 0.2) is 191 Å². The molecule has 0 aliphatic heterocycles. The fourth-order valence-corrected chi connectivity index (χ4v) is 8.49. The van der Waals surface area contributed by atoms with Crippen LogP contribution in [0.3, 0.4) is 0 Å². The van der Waals surface area contributed by atoms with E-state index in [-0.39, 0.29) is 0 Å². The van der Waals surface area contributed by atoms with Crippen molar-refractivity contribution in [3.63, 3.8) is 0 Å². The van der Waals surface area contributed by atoms with Gasteiger partial charge in [-0.2, -0.15) is 0 Å². The molecule has 0 fully saturated rings. The topological polar surface area (TPSA) is 69.9 Å². The number of aromatic nitrogens is 4. The number of nitrogens with zero attached hydrogens (tertiary/aromatic N) is 4. The highest BCUT2D eigenvalue weighted by Gasteiger charge is 2.22. The molecule has 6 nitrogen and oxygen atoms in total. The summed E-state index contributed by atoms with van der Waals surface area (Å²) >= 11 is 0. The predicted octanol–water partition coefficient (Wildman–Crippen LogP) is 13.4. The van der Waals surface area contributed by atoms with Crippen LogP contribution in [-0.4, -0.2) is 19.5 Å². The second-order valence-electron chi connectivity index (χ2n) is 14.4. The van der Waals surface area contributed by atoms with Crippen molar-refractivity contribution in [2.45, 2.75) is 0 Å². The summed E-state index contributed by atoms with van der Waals surface area (Å²) in [5, 5.41) is 6.38. The van der Waals surface area contributed by atoms with Crippen molar-refractivity contribution in [3.05, 3.63) is 182 Å². The Morgan fingerprint density at radius 2 is 0.947 bits per heavy atom. The number of hydrogen-bond acceptors (Lipinski definition) is 5. The quantitative estimate of drug-likeness (QED) is 0.176. The fraction of sp³-hybridized carbons (Fsp3) is 0. The van der Waals surface area contributed by atoms with Crippen molar-refractivity contribution in [2.75, 3.05) is 0 Å². The van der Waals surface area contributed by atoms with Crippen LogP contribution in [-0.2, 0) is 0 Å². The number of benzene rings is 8. The number of para-hydroxylation sites is 3. The zero-order valence-electron chi connectivity index (χ0n) is 30.4. The lowest BCUT2D eigenvalue weighted by Gasteiger charge is -2.11. The summed E-state index contributed by atoms with van der Waals surface area (Å²) in [6, 6.07) is 62.6. The third kappa shape index (κ3) is 4.94. The van der Waals surface area contributed by atoms with Crippen LogP contribution >= 0.6 is 0 Å². The van der Waals surface area contributed by atoms with Crippen molar-refractivity contribution in [1.82, 2.24) is 19.5 Å². The average Bonchev–Trinajstić information content (AvgIpc) is 3.96. The first-order chi connectivity index (χ1) is 28.2. The smallest absolute Gasteiger partial charge is 0.164 e. The standard InChI is InChI=1S/C51H30N4O2/c1-3-13-31(14-4-1)32-15-11-16-33(29-32)49-52-50(54-51(53-49)39-21-12-24-44-46(39)38-20-8-10-23-42(38)56-44)34-25-27-43-40(30-34)47-45(57-43)28-26-37-36-19-7-9-22-41(36)55(48(37)47)35-17-5-2-6-18-35/h1-30H. The van der Waals surface area contributed by atoms with E-state index in [4.69, 9.17) is 23.8 Å². The molecule has 0 aliphatic carbocycles. The zero-order valence-corrected chi connectivity index (χ0v) is 30.4. The highest BCUT2D eigenvalue weighted by atomic mass is 16.3. The Labute approximate surface area is 325 Å².